The van der Waals surface area contributed by atoms with Crippen LogP contribution in [0.2, 0.25) is 0 Å². The van der Waals surface area contributed by atoms with E-state index in [1.165, 1.54) is 0 Å². The Labute approximate surface area is 102 Å². The number of nitriles is 1. The second-order valence-electron chi connectivity index (χ2n) is 3.18. The number of hydrogen-bond acceptors (Lipinski definition) is 3. The van der Waals surface area contributed by atoms with Gasteiger partial charge in [0.25, 0.3) is 0 Å². The summed E-state index contributed by atoms with van der Waals surface area (Å²) < 4.78 is 0.994. The van der Waals surface area contributed by atoms with Gasteiger partial charge >= 0.3 is 0 Å². The zero-order valence-corrected chi connectivity index (χ0v) is 9.90. The average Bonchev–Trinajstić information content (AvgIpc) is 2.29. The number of halogens is 1. The summed E-state index contributed by atoms with van der Waals surface area (Å²) >= 11 is 3.39. The SMILES string of the molecule is N#Cc1ccnc(Nc2cccc(Br)c2)c1. The number of anilines is 2. The Kier molecular flexibility index (Phi) is 3.18. The second kappa shape index (κ2) is 4.77. The number of benzene rings is 1. The third-order valence-corrected chi connectivity index (χ3v) is 2.48. The molecular formula is C12H8BrN3. The molecule has 0 saturated heterocycles. The molecule has 0 bridgehead atoms. The minimum atomic E-state index is 0.590. The van der Waals surface area contributed by atoms with Gasteiger partial charge in [0.1, 0.15) is 5.82 Å². The van der Waals surface area contributed by atoms with Crippen LogP contribution in [0, 0.1) is 11.3 Å². The van der Waals surface area contributed by atoms with Crippen LogP contribution < -0.4 is 5.32 Å². The second-order valence-corrected chi connectivity index (χ2v) is 4.09. The quantitative estimate of drug-likeness (QED) is 0.912. The van der Waals surface area contributed by atoms with E-state index in [0.29, 0.717) is 11.4 Å². The van der Waals surface area contributed by atoms with Gasteiger partial charge in [-0.05, 0) is 30.3 Å². The molecule has 16 heavy (non-hydrogen) atoms. The molecule has 0 radical (unpaired) electrons. The molecule has 0 saturated carbocycles. The van der Waals surface area contributed by atoms with Gasteiger partial charge in [-0.15, -0.1) is 0 Å². The minimum absolute atomic E-state index is 0.590. The van der Waals surface area contributed by atoms with E-state index < -0.39 is 0 Å². The Morgan fingerprint density at radius 2 is 2.12 bits per heavy atom. The summed E-state index contributed by atoms with van der Waals surface area (Å²) in [7, 11) is 0. The van der Waals surface area contributed by atoms with Crippen molar-refractivity contribution < 1.29 is 0 Å². The molecule has 0 aliphatic carbocycles. The van der Waals surface area contributed by atoms with Crippen LogP contribution in [0.5, 0.6) is 0 Å². The summed E-state index contributed by atoms with van der Waals surface area (Å²) in [6, 6.07) is 13.2. The molecule has 1 heterocycles. The van der Waals surface area contributed by atoms with E-state index in [-0.39, 0.29) is 0 Å². The van der Waals surface area contributed by atoms with Crippen LogP contribution in [0.4, 0.5) is 11.5 Å². The topological polar surface area (TPSA) is 48.7 Å². The van der Waals surface area contributed by atoms with E-state index in [9.17, 15) is 0 Å². The molecule has 0 aliphatic rings. The molecule has 0 amide bonds. The number of hydrogen-bond donors (Lipinski definition) is 1. The average molecular weight is 274 g/mol. The van der Waals surface area contributed by atoms with Crippen molar-refractivity contribution in [1.82, 2.24) is 4.98 Å². The lowest BCUT2D eigenvalue weighted by molar-refractivity contribution is 1.29. The number of aromatic nitrogens is 1. The lowest BCUT2D eigenvalue weighted by Gasteiger charge is -2.05. The molecule has 2 rings (SSSR count). The molecule has 3 nitrogen and oxygen atoms in total. The largest absolute Gasteiger partial charge is 0.340 e. The number of nitrogens with zero attached hydrogens (tertiary/aromatic N) is 2. The van der Waals surface area contributed by atoms with Gasteiger partial charge in [0.2, 0.25) is 0 Å². The lowest BCUT2D eigenvalue weighted by Crippen LogP contribution is -1.93. The van der Waals surface area contributed by atoms with Crippen molar-refractivity contribution in [3.8, 4) is 6.07 Å². The number of nitrogens with one attached hydrogen (secondary N) is 1. The van der Waals surface area contributed by atoms with Crippen molar-refractivity contribution in [2.75, 3.05) is 5.32 Å². The first-order chi connectivity index (χ1) is 7.78. The van der Waals surface area contributed by atoms with E-state index in [0.717, 1.165) is 10.2 Å². The van der Waals surface area contributed by atoms with E-state index in [4.69, 9.17) is 5.26 Å². The van der Waals surface area contributed by atoms with Gasteiger partial charge in [0.05, 0.1) is 11.6 Å². The van der Waals surface area contributed by atoms with Gasteiger partial charge in [-0.1, -0.05) is 22.0 Å². The molecular weight excluding hydrogens is 266 g/mol. The van der Waals surface area contributed by atoms with E-state index in [1.807, 2.05) is 24.3 Å². The van der Waals surface area contributed by atoms with Crippen LogP contribution in [-0.4, -0.2) is 4.98 Å². The van der Waals surface area contributed by atoms with Crippen molar-refractivity contribution >= 4 is 27.4 Å². The van der Waals surface area contributed by atoms with Crippen LogP contribution in [0.15, 0.2) is 47.1 Å². The standard InChI is InChI=1S/C12H8BrN3/c13-10-2-1-3-11(7-10)16-12-6-9(8-14)4-5-15-12/h1-7H,(H,15,16). The molecule has 1 N–H and O–H groups in total. The zero-order chi connectivity index (χ0) is 11.4. The smallest absolute Gasteiger partial charge is 0.131 e. The van der Waals surface area contributed by atoms with Gasteiger partial charge in [-0.3, -0.25) is 0 Å². The Bertz CT molecular complexity index is 546. The highest BCUT2D eigenvalue weighted by molar-refractivity contribution is 9.10. The van der Waals surface area contributed by atoms with Crippen LogP contribution >= 0.6 is 15.9 Å². The predicted molar refractivity (Wildman–Crippen MR) is 66.4 cm³/mol. The zero-order valence-electron chi connectivity index (χ0n) is 8.31. The normalized spacial score (nSPS) is 9.50. The fourth-order valence-electron chi connectivity index (χ4n) is 1.28. The van der Waals surface area contributed by atoms with Gasteiger partial charge in [0.15, 0.2) is 0 Å². The minimum Gasteiger partial charge on any atom is -0.340 e. The Morgan fingerprint density at radius 1 is 1.25 bits per heavy atom. The maximum absolute atomic E-state index is 8.76. The van der Waals surface area contributed by atoms with Crippen molar-refractivity contribution in [3.63, 3.8) is 0 Å². The molecule has 0 atom stereocenters. The summed E-state index contributed by atoms with van der Waals surface area (Å²) in [5.74, 6) is 0.664. The van der Waals surface area contributed by atoms with Crippen LogP contribution in [0.25, 0.3) is 0 Å². The predicted octanol–water partition coefficient (Wildman–Crippen LogP) is 3.46. The number of pyridine rings is 1. The molecule has 0 aliphatic heterocycles. The third kappa shape index (κ3) is 2.59. The first-order valence-electron chi connectivity index (χ1n) is 4.67. The molecule has 4 heteroatoms. The number of rotatable bonds is 2. The first-order valence-corrected chi connectivity index (χ1v) is 5.46. The molecule has 1 aromatic heterocycles. The highest BCUT2D eigenvalue weighted by Gasteiger charge is 1.98. The summed E-state index contributed by atoms with van der Waals surface area (Å²) in [4.78, 5) is 4.13. The molecule has 2 aromatic rings. The lowest BCUT2D eigenvalue weighted by atomic mass is 10.3. The van der Waals surface area contributed by atoms with Gasteiger partial charge in [0, 0.05) is 16.4 Å². The molecule has 0 unspecified atom stereocenters. The summed E-state index contributed by atoms with van der Waals surface area (Å²) in [6.07, 6.45) is 1.61. The van der Waals surface area contributed by atoms with Gasteiger partial charge in [-0.25, -0.2) is 4.98 Å². The van der Waals surface area contributed by atoms with E-state index in [1.54, 1.807) is 18.3 Å². The molecule has 0 spiro atoms. The fraction of sp³-hybridized carbons (Fsp3) is 0. The highest BCUT2D eigenvalue weighted by Crippen LogP contribution is 2.19. The summed E-state index contributed by atoms with van der Waals surface area (Å²) in [6.45, 7) is 0. The summed E-state index contributed by atoms with van der Waals surface area (Å²) in [5.41, 5.74) is 1.52. The maximum atomic E-state index is 8.76. The van der Waals surface area contributed by atoms with E-state index >= 15 is 0 Å². The Hall–Kier alpha value is -1.86. The maximum Gasteiger partial charge on any atom is 0.131 e. The molecule has 1 aromatic carbocycles. The van der Waals surface area contributed by atoms with Crippen molar-refractivity contribution in [1.29, 1.82) is 5.26 Å². The fourth-order valence-corrected chi connectivity index (χ4v) is 1.68. The van der Waals surface area contributed by atoms with Crippen LogP contribution in [0.3, 0.4) is 0 Å². The van der Waals surface area contributed by atoms with E-state index in [2.05, 4.69) is 32.3 Å². The third-order valence-electron chi connectivity index (χ3n) is 1.99. The van der Waals surface area contributed by atoms with Crippen molar-refractivity contribution in [2.45, 2.75) is 0 Å². The Balaban J connectivity index is 2.24. The first kappa shape index (κ1) is 10.7. The highest BCUT2D eigenvalue weighted by atomic mass is 79.9. The summed E-state index contributed by atoms with van der Waals surface area (Å²) in [5, 5.41) is 11.9. The van der Waals surface area contributed by atoms with Crippen molar-refractivity contribution in [3.05, 3.63) is 52.6 Å². The molecule has 78 valence electrons. The molecule has 0 fully saturated rings. The van der Waals surface area contributed by atoms with Gasteiger partial charge < -0.3 is 5.32 Å². The van der Waals surface area contributed by atoms with Crippen LogP contribution in [-0.2, 0) is 0 Å². The van der Waals surface area contributed by atoms with Crippen molar-refractivity contribution in [2.24, 2.45) is 0 Å². The monoisotopic (exact) mass is 273 g/mol. The van der Waals surface area contributed by atoms with Gasteiger partial charge in [-0.2, -0.15) is 5.26 Å². The van der Waals surface area contributed by atoms with Crippen LogP contribution in [0.1, 0.15) is 5.56 Å². The Morgan fingerprint density at radius 3 is 2.88 bits per heavy atom.